The van der Waals surface area contributed by atoms with E-state index in [1.54, 1.807) is 12.1 Å². The molecular formula is C46H44N2O6. The minimum Gasteiger partial charge on any atom is -0.482 e. The Hall–Kier alpha value is -5.02. The second-order valence-corrected chi connectivity index (χ2v) is 16.0. The van der Waals surface area contributed by atoms with Crippen LogP contribution in [0.2, 0.25) is 0 Å². The van der Waals surface area contributed by atoms with Gasteiger partial charge in [-0.05, 0) is 80.3 Å². The number of hydrogen-bond acceptors (Lipinski definition) is 7. The molecule has 2 saturated carbocycles. The molecule has 0 amide bonds. The summed E-state index contributed by atoms with van der Waals surface area (Å²) in [4.78, 5) is 13.5. The van der Waals surface area contributed by atoms with Crippen molar-refractivity contribution in [2.45, 2.75) is 80.0 Å². The Morgan fingerprint density at radius 1 is 0.815 bits per heavy atom. The molecule has 3 fully saturated rings. The first-order chi connectivity index (χ1) is 26.4. The van der Waals surface area contributed by atoms with E-state index in [2.05, 4.69) is 89.8 Å². The first-order valence-corrected chi connectivity index (χ1v) is 19.4. The lowest BCUT2D eigenvalue weighted by atomic mass is 9.48. The van der Waals surface area contributed by atoms with Crippen LogP contribution in [0, 0.1) is 16.0 Å². The molecule has 2 aliphatic heterocycles. The minimum absolute atomic E-state index is 0.00385. The van der Waals surface area contributed by atoms with Gasteiger partial charge in [-0.25, -0.2) is 0 Å². The lowest BCUT2D eigenvalue weighted by Gasteiger charge is -2.64. The molecule has 3 aliphatic carbocycles. The molecule has 8 heteroatoms. The van der Waals surface area contributed by atoms with Crippen LogP contribution in [-0.4, -0.2) is 51.9 Å². The van der Waals surface area contributed by atoms with Gasteiger partial charge in [0.25, 0.3) is 5.69 Å². The highest BCUT2D eigenvalue weighted by molar-refractivity contribution is 5.64. The molecule has 5 atom stereocenters. The zero-order chi connectivity index (χ0) is 36.5. The number of aliphatic hydroxyl groups is 1. The number of nitro groups is 1. The fraction of sp³-hybridized carbons (Fsp3) is 0.348. The van der Waals surface area contributed by atoms with Crippen LogP contribution in [0.1, 0.15) is 65.5 Å². The monoisotopic (exact) mass is 720 g/mol. The van der Waals surface area contributed by atoms with Crippen LogP contribution in [-0.2, 0) is 28.8 Å². The predicted octanol–water partition coefficient (Wildman–Crippen LogP) is 8.12. The Morgan fingerprint density at radius 3 is 2.04 bits per heavy atom. The van der Waals surface area contributed by atoms with Crippen LogP contribution in [0.25, 0.3) is 0 Å². The molecule has 2 heterocycles. The molecule has 1 spiro atoms. The van der Waals surface area contributed by atoms with Crippen molar-refractivity contribution in [3.05, 3.63) is 171 Å². The summed E-state index contributed by atoms with van der Waals surface area (Å²) in [6, 6.07) is 42.0. The van der Waals surface area contributed by atoms with E-state index < -0.39 is 22.7 Å². The molecule has 5 aromatic rings. The molecule has 8 nitrogen and oxygen atoms in total. The van der Waals surface area contributed by atoms with E-state index in [0.29, 0.717) is 30.9 Å². The first-order valence-electron chi connectivity index (χ1n) is 19.4. The van der Waals surface area contributed by atoms with E-state index in [0.717, 1.165) is 59.7 Å². The van der Waals surface area contributed by atoms with Crippen LogP contribution in [0.4, 0.5) is 5.69 Å². The van der Waals surface area contributed by atoms with Gasteiger partial charge in [-0.2, -0.15) is 0 Å². The second-order valence-electron chi connectivity index (χ2n) is 16.0. The van der Waals surface area contributed by atoms with Gasteiger partial charge < -0.3 is 19.3 Å². The number of nitrogens with zero attached hydrogens (tertiary/aromatic N) is 2. The Balaban J connectivity index is 1.10. The summed E-state index contributed by atoms with van der Waals surface area (Å²) in [5.41, 5.74) is 3.53. The van der Waals surface area contributed by atoms with Crippen LogP contribution in [0.5, 0.6) is 11.5 Å². The molecule has 1 N–H and O–H groups in total. The summed E-state index contributed by atoms with van der Waals surface area (Å²) >= 11 is 0. The summed E-state index contributed by atoms with van der Waals surface area (Å²) in [7, 11) is 0. The molecule has 5 aromatic carbocycles. The molecular weight excluding hydrogens is 677 g/mol. The molecule has 54 heavy (non-hydrogen) atoms. The Kier molecular flexibility index (Phi) is 7.95. The van der Waals surface area contributed by atoms with Gasteiger partial charge in [-0.15, -0.1) is 0 Å². The van der Waals surface area contributed by atoms with E-state index in [1.807, 2.05) is 18.2 Å². The number of hydrogen-bond donors (Lipinski definition) is 1. The third kappa shape index (κ3) is 5.07. The fourth-order valence-electron chi connectivity index (χ4n) is 10.5. The molecule has 274 valence electrons. The number of piperidine rings is 1. The summed E-state index contributed by atoms with van der Waals surface area (Å²) < 4.78 is 21.6. The number of non-ortho nitro benzene ring substituents is 1. The standard InChI is InChI=1S/C46H44N2O6/c49-45-25-24-39(52-30-32-18-21-37(22-19-32)48(50)51)43-44(45)26-27-47(29-31-16-17-31)40(45)28-33-20-23-38(42(53-43)41(33)44)54-46(34-10-4-1-5-11-34,35-12-6-2-7-13-35)36-14-8-3-9-15-36/h1-15,18-23,31,39-40,43,49H,16-17,24-30H2/t39-,40-,43+,44+,45-/m1/s1. The highest BCUT2D eigenvalue weighted by atomic mass is 16.6. The van der Waals surface area contributed by atoms with E-state index in [9.17, 15) is 15.2 Å². The van der Waals surface area contributed by atoms with Crippen molar-refractivity contribution in [2.24, 2.45) is 5.92 Å². The topological polar surface area (TPSA) is 94.3 Å². The Bertz CT molecular complexity index is 2080. The van der Waals surface area contributed by atoms with Crippen LogP contribution in [0.3, 0.4) is 0 Å². The largest absolute Gasteiger partial charge is 0.482 e. The van der Waals surface area contributed by atoms with Crippen molar-refractivity contribution >= 4 is 5.69 Å². The van der Waals surface area contributed by atoms with E-state index in [4.69, 9.17) is 14.2 Å². The van der Waals surface area contributed by atoms with Gasteiger partial charge in [-0.3, -0.25) is 15.0 Å². The van der Waals surface area contributed by atoms with Crippen molar-refractivity contribution in [1.29, 1.82) is 0 Å². The van der Waals surface area contributed by atoms with Gasteiger partial charge in [-0.1, -0.05) is 97.1 Å². The van der Waals surface area contributed by atoms with Crippen molar-refractivity contribution in [1.82, 2.24) is 4.90 Å². The maximum absolute atomic E-state index is 13.3. The highest BCUT2D eigenvalue weighted by Gasteiger charge is 2.73. The van der Waals surface area contributed by atoms with Crippen molar-refractivity contribution in [2.75, 3.05) is 13.1 Å². The van der Waals surface area contributed by atoms with Crippen molar-refractivity contribution < 1.29 is 24.2 Å². The lowest BCUT2D eigenvalue weighted by Crippen LogP contribution is -2.77. The molecule has 2 bridgehead atoms. The molecule has 0 radical (unpaired) electrons. The van der Waals surface area contributed by atoms with E-state index >= 15 is 0 Å². The fourth-order valence-corrected chi connectivity index (χ4v) is 10.5. The van der Waals surface area contributed by atoms with Gasteiger partial charge in [0, 0.05) is 47.0 Å². The second kappa shape index (κ2) is 12.8. The Morgan fingerprint density at radius 2 is 1.44 bits per heavy atom. The normalized spacial score (nSPS) is 26.8. The molecule has 10 rings (SSSR count). The quantitative estimate of drug-likeness (QED) is 0.0837. The zero-order valence-corrected chi connectivity index (χ0v) is 30.2. The predicted molar refractivity (Wildman–Crippen MR) is 205 cm³/mol. The van der Waals surface area contributed by atoms with Gasteiger partial charge >= 0.3 is 0 Å². The van der Waals surface area contributed by atoms with Crippen molar-refractivity contribution in [3.8, 4) is 11.5 Å². The third-order valence-electron chi connectivity index (χ3n) is 13.1. The molecule has 1 saturated heterocycles. The molecule has 5 aliphatic rings. The van der Waals surface area contributed by atoms with Crippen molar-refractivity contribution in [3.63, 3.8) is 0 Å². The molecule has 0 unspecified atom stereocenters. The zero-order valence-electron chi connectivity index (χ0n) is 30.2. The summed E-state index contributed by atoms with van der Waals surface area (Å²) in [5.74, 6) is 2.07. The Labute approximate surface area is 315 Å². The maximum Gasteiger partial charge on any atom is 0.269 e. The number of benzene rings is 5. The van der Waals surface area contributed by atoms with E-state index in [1.165, 1.54) is 30.5 Å². The first kappa shape index (κ1) is 33.5. The lowest BCUT2D eigenvalue weighted by molar-refractivity contribution is -0.384. The van der Waals surface area contributed by atoms with Crippen LogP contribution < -0.4 is 9.47 Å². The number of likely N-dealkylation sites (tertiary alicyclic amines) is 1. The molecule has 0 aromatic heterocycles. The SMILES string of the molecule is O=[N+]([O-])c1ccc(CO[C@@H]2CC[C@@]3(O)[C@H]4Cc5ccc(OC(c6ccccc6)(c6ccccc6)c6ccccc6)c6c5[C@@]3(CCN4CC3CC3)[C@H]2O6)cc1. The van der Waals surface area contributed by atoms with Gasteiger partial charge in [0.1, 0.15) is 6.10 Å². The average molecular weight is 721 g/mol. The van der Waals surface area contributed by atoms with E-state index in [-0.39, 0.29) is 22.8 Å². The number of nitro benzene ring substituents is 1. The smallest absolute Gasteiger partial charge is 0.269 e. The van der Waals surface area contributed by atoms with Gasteiger partial charge in [0.15, 0.2) is 17.1 Å². The maximum atomic E-state index is 13.3. The number of rotatable bonds is 11. The highest BCUT2D eigenvalue weighted by Crippen LogP contribution is 2.66. The van der Waals surface area contributed by atoms with Crippen LogP contribution >= 0.6 is 0 Å². The van der Waals surface area contributed by atoms with Crippen LogP contribution in [0.15, 0.2) is 127 Å². The van der Waals surface area contributed by atoms with Gasteiger partial charge in [0.2, 0.25) is 0 Å². The summed E-state index contributed by atoms with van der Waals surface area (Å²) in [6.07, 6.45) is 4.58. The number of ether oxygens (including phenoxy) is 3. The minimum atomic E-state index is -1.00. The third-order valence-corrected chi connectivity index (χ3v) is 13.1. The summed E-state index contributed by atoms with van der Waals surface area (Å²) in [5, 5.41) is 24.6. The van der Waals surface area contributed by atoms with Gasteiger partial charge in [0.05, 0.1) is 28.7 Å². The summed E-state index contributed by atoms with van der Waals surface area (Å²) in [6.45, 7) is 2.22. The average Bonchev–Trinajstić information content (AvgIpc) is 3.96.